The number of benzene rings is 2. The average molecular weight is 477 g/mol. The first-order chi connectivity index (χ1) is 17.6. The summed E-state index contributed by atoms with van der Waals surface area (Å²) < 4.78 is 1.97. The maximum Gasteiger partial charge on any atom is 0.217 e. The standard InChI is InChI=1S/C29H28N6O/c1-3-23-18-24(25-14-17-30-33-25)28-31-26(27(35(28)34-23)21-8-5-4-6-9-21)20-10-12-22(13-11-20)29(15-7-16-29)32-19(2)36/h4-6,8-14,17-18H,3,7,15-16H2,1-2H3,(H,30,33)(H,32,36). The quantitative estimate of drug-likeness (QED) is 0.337. The fraction of sp³-hybridized carbons (Fsp3) is 0.241. The van der Waals surface area contributed by atoms with Crippen LogP contribution in [-0.4, -0.2) is 30.7 Å². The Morgan fingerprint density at radius 3 is 2.44 bits per heavy atom. The number of rotatable bonds is 6. The molecule has 2 aromatic carbocycles. The van der Waals surface area contributed by atoms with Crippen molar-refractivity contribution in [2.45, 2.75) is 45.1 Å². The second-order valence-corrected chi connectivity index (χ2v) is 9.48. The Morgan fingerprint density at radius 1 is 1.06 bits per heavy atom. The van der Waals surface area contributed by atoms with Crippen molar-refractivity contribution in [1.29, 1.82) is 0 Å². The van der Waals surface area contributed by atoms with E-state index in [-0.39, 0.29) is 11.4 Å². The van der Waals surface area contributed by atoms with Crippen LogP contribution in [-0.2, 0) is 16.8 Å². The van der Waals surface area contributed by atoms with Gasteiger partial charge in [-0.15, -0.1) is 0 Å². The monoisotopic (exact) mass is 476 g/mol. The molecular weight excluding hydrogens is 448 g/mol. The minimum Gasteiger partial charge on any atom is -0.347 e. The molecular formula is C29H28N6O. The Kier molecular flexibility index (Phi) is 5.40. The Bertz CT molecular complexity index is 1530. The van der Waals surface area contributed by atoms with Crippen molar-refractivity contribution in [3.63, 3.8) is 0 Å². The molecule has 0 radical (unpaired) electrons. The smallest absolute Gasteiger partial charge is 0.217 e. The van der Waals surface area contributed by atoms with Crippen LogP contribution in [0, 0.1) is 0 Å². The van der Waals surface area contributed by atoms with E-state index in [1.165, 1.54) is 0 Å². The molecule has 7 nitrogen and oxygen atoms in total. The van der Waals surface area contributed by atoms with Gasteiger partial charge in [0.05, 0.1) is 22.6 Å². The van der Waals surface area contributed by atoms with E-state index in [9.17, 15) is 4.79 Å². The first-order valence-corrected chi connectivity index (χ1v) is 12.5. The maximum absolute atomic E-state index is 11.9. The molecule has 2 N–H and O–H groups in total. The number of carbonyl (C=O) groups excluding carboxylic acids is 1. The van der Waals surface area contributed by atoms with Gasteiger partial charge in [0.1, 0.15) is 5.69 Å². The largest absolute Gasteiger partial charge is 0.347 e. The van der Waals surface area contributed by atoms with Crippen LogP contribution in [0.2, 0.25) is 0 Å². The Labute approximate surface area is 209 Å². The Balaban J connectivity index is 1.55. The number of hydrogen-bond donors (Lipinski definition) is 2. The molecule has 6 rings (SSSR count). The van der Waals surface area contributed by atoms with Gasteiger partial charge in [0, 0.05) is 29.8 Å². The van der Waals surface area contributed by atoms with E-state index in [0.717, 1.165) is 76.4 Å². The number of amides is 1. The van der Waals surface area contributed by atoms with Crippen LogP contribution in [0.1, 0.15) is 44.4 Å². The number of nitrogens with one attached hydrogen (secondary N) is 2. The molecule has 3 aromatic heterocycles. The van der Waals surface area contributed by atoms with Gasteiger partial charge in [0.15, 0.2) is 5.65 Å². The number of aromatic amines is 1. The first-order valence-electron chi connectivity index (χ1n) is 12.5. The lowest BCUT2D eigenvalue weighted by Crippen LogP contribution is -2.50. The summed E-state index contributed by atoms with van der Waals surface area (Å²) in [5, 5.41) is 15.4. The van der Waals surface area contributed by atoms with E-state index >= 15 is 0 Å². The highest BCUT2D eigenvalue weighted by molar-refractivity contribution is 5.86. The van der Waals surface area contributed by atoms with E-state index in [1.807, 2.05) is 28.8 Å². The van der Waals surface area contributed by atoms with Crippen molar-refractivity contribution in [3.05, 3.63) is 84.2 Å². The van der Waals surface area contributed by atoms with Gasteiger partial charge in [0.25, 0.3) is 0 Å². The molecule has 0 spiro atoms. The van der Waals surface area contributed by atoms with Crippen LogP contribution >= 0.6 is 0 Å². The minimum absolute atomic E-state index is 0.00892. The number of aryl methyl sites for hydroxylation is 1. The van der Waals surface area contributed by atoms with Gasteiger partial charge >= 0.3 is 0 Å². The molecule has 1 aliphatic rings. The number of H-pyrrole nitrogens is 1. The van der Waals surface area contributed by atoms with E-state index in [4.69, 9.17) is 10.1 Å². The van der Waals surface area contributed by atoms with Gasteiger partial charge in [-0.05, 0) is 43.4 Å². The molecule has 0 aliphatic heterocycles. The molecule has 1 aliphatic carbocycles. The molecule has 180 valence electrons. The van der Waals surface area contributed by atoms with Crippen LogP contribution in [0.25, 0.3) is 39.4 Å². The fourth-order valence-corrected chi connectivity index (χ4v) is 5.21. The summed E-state index contributed by atoms with van der Waals surface area (Å²) in [6.07, 6.45) is 5.61. The molecule has 7 heteroatoms. The number of nitrogens with zero attached hydrogens (tertiary/aromatic N) is 4. The highest BCUT2D eigenvalue weighted by Gasteiger charge is 2.39. The summed E-state index contributed by atoms with van der Waals surface area (Å²) in [5.41, 5.74) is 8.41. The van der Waals surface area contributed by atoms with Crippen molar-refractivity contribution < 1.29 is 4.79 Å². The van der Waals surface area contributed by atoms with E-state index in [1.54, 1.807) is 13.1 Å². The fourth-order valence-electron chi connectivity index (χ4n) is 5.21. The highest BCUT2D eigenvalue weighted by atomic mass is 16.1. The third-order valence-corrected chi connectivity index (χ3v) is 7.17. The second kappa shape index (κ2) is 8.75. The Morgan fingerprint density at radius 2 is 1.83 bits per heavy atom. The third-order valence-electron chi connectivity index (χ3n) is 7.17. The molecule has 0 saturated heterocycles. The van der Waals surface area contributed by atoms with Gasteiger partial charge < -0.3 is 5.32 Å². The number of carbonyl (C=O) groups is 1. The van der Waals surface area contributed by atoms with Gasteiger partial charge in [-0.3, -0.25) is 9.89 Å². The highest BCUT2D eigenvalue weighted by Crippen LogP contribution is 2.42. The first kappa shape index (κ1) is 22.2. The molecule has 0 unspecified atom stereocenters. The lowest BCUT2D eigenvalue weighted by Gasteiger charge is -2.43. The lowest BCUT2D eigenvalue weighted by atomic mass is 9.71. The van der Waals surface area contributed by atoms with Crippen molar-refractivity contribution in [1.82, 2.24) is 30.1 Å². The lowest BCUT2D eigenvalue weighted by molar-refractivity contribution is -0.122. The van der Waals surface area contributed by atoms with Gasteiger partial charge in [-0.2, -0.15) is 10.2 Å². The maximum atomic E-state index is 11.9. The molecule has 5 aromatic rings. The van der Waals surface area contributed by atoms with Crippen molar-refractivity contribution >= 4 is 11.6 Å². The Hall–Kier alpha value is -4.26. The molecule has 1 amide bonds. The molecule has 36 heavy (non-hydrogen) atoms. The summed E-state index contributed by atoms with van der Waals surface area (Å²) in [5.74, 6) is 0.00892. The van der Waals surface area contributed by atoms with Crippen LogP contribution in [0.4, 0.5) is 0 Å². The summed E-state index contributed by atoms with van der Waals surface area (Å²) in [6.45, 7) is 3.70. The van der Waals surface area contributed by atoms with Crippen LogP contribution in [0.5, 0.6) is 0 Å². The van der Waals surface area contributed by atoms with Crippen molar-refractivity contribution in [2.24, 2.45) is 0 Å². The zero-order valence-corrected chi connectivity index (χ0v) is 20.5. The molecule has 0 atom stereocenters. The van der Waals surface area contributed by atoms with Crippen LogP contribution in [0.15, 0.2) is 72.9 Å². The average Bonchev–Trinajstić information content (AvgIpc) is 3.54. The zero-order chi connectivity index (χ0) is 24.7. The minimum atomic E-state index is -0.253. The topological polar surface area (TPSA) is 88.0 Å². The summed E-state index contributed by atoms with van der Waals surface area (Å²) in [4.78, 5) is 17.0. The number of imidazole rings is 1. The normalized spacial score (nSPS) is 14.5. The predicted molar refractivity (Wildman–Crippen MR) is 140 cm³/mol. The van der Waals surface area contributed by atoms with E-state index in [2.05, 4.69) is 64.9 Å². The van der Waals surface area contributed by atoms with Gasteiger partial charge in [0.2, 0.25) is 5.91 Å². The third kappa shape index (κ3) is 3.68. The molecule has 0 bridgehead atoms. The van der Waals surface area contributed by atoms with E-state index in [0.29, 0.717) is 0 Å². The van der Waals surface area contributed by atoms with Gasteiger partial charge in [-0.25, -0.2) is 9.50 Å². The van der Waals surface area contributed by atoms with Crippen molar-refractivity contribution in [3.8, 4) is 33.8 Å². The van der Waals surface area contributed by atoms with Gasteiger partial charge in [-0.1, -0.05) is 61.5 Å². The summed E-state index contributed by atoms with van der Waals surface area (Å²) in [6, 6.07) is 22.8. The van der Waals surface area contributed by atoms with E-state index < -0.39 is 0 Å². The number of aromatic nitrogens is 5. The summed E-state index contributed by atoms with van der Waals surface area (Å²) in [7, 11) is 0. The molecule has 3 heterocycles. The van der Waals surface area contributed by atoms with Crippen LogP contribution < -0.4 is 5.32 Å². The SMILES string of the molecule is CCc1cc(-c2ccn[nH]2)c2nc(-c3ccc(C4(NC(C)=O)CCC4)cc3)c(-c3ccccc3)n2n1. The number of fused-ring (bicyclic) bond motifs is 1. The summed E-state index contributed by atoms with van der Waals surface area (Å²) >= 11 is 0. The predicted octanol–water partition coefficient (Wildman–Crippen LogP) is 5.53. The zero-order valence-electron chi connectivity index (χ0n) is 20.5. The second-order valence-electron chi connectivity index (χ2n) is 9.48. The molecule has 1 fully saturated rings. The van der Waals surface area contributed by atoms with Crippen LogP contribution in [0.3, 0.4) is 0 Å². The van der Waals surface area contributed by atoms with Crippen molar-refractivity contribution in [2.75, 3.05) is 0 Å². The number of hydrogen-bond acceptors (Lipinski definition) is 4. The molecule has 1 saturated carbocycles.